The summed E-state index contributed by atoms with van der Waals surface area (Å²) in [5, 5.41) is 0. The smallest absolute Gasteiger partial charge is 0.0543 e. The molecular formula is C13H21NO. The van der Waals surface area contributed by atoms with Crippen LogP contribution in [-0.4, -0.2) is 19.3 Å². The second kappa shape index (κ2) is 6.59. The van der Waals surface area contributed by atoms with Crippen molar-refractivity contribution in [2.45, 2.75) is 38.3 Å². The molecule has 0 aliphatic heterocycles. The number of methoxy groups -OCH3 is 1. The van der Waals surface area contributed by atoms with Gasteiger partial charge in [0.1, 0.15) is 0 Å². The van der Waals surface area contributed by atoms with Gasteiger partial charge in [0, 0.05) is 13.2 Å². The van der Waals surface area contributed by atoms with Crippen LogP contribution < -0.4 is 5.73 Å². The molecule has 15 heavy (non-hydrogen) atoms. The number of hydrogen-bond acceptors (Lipinski definition) is 2. The second-order valence-electron chi connectivity index (χ2n) is 4.07. The molecule has 2 unspecified atom stereocenters. The van der Waals surface area contributed by atoms with Gasteiger partial charge in [-0.25, -0.2) is 0 Å². The third kappa shape index (κ3) is 4.96. The highest BCUT2D eigenvalue weighted by molar-refractivity contribution is 5.15. The molecule has 1 aromatic carbocycles. The van der Waals surface area contributed by atoms with Crippen LogP contribution in [0.3, 0.4) is 0 Å². The Hall–Kier alpha value is -0.860. The maximum atomic E-state index is 6.05. The Morgan fingerprint density at radius 2 is 1.87 bits per heavy atom. The molecule has 2 atom stereocenters. The minimum atomic E-state index is 0.241. The van der Waals surface area contributed by atoms with Crippen molar-refractivity contribution in [1.29, 1.82) is 0 Å². The van der Waals surface area contributed by atoms with Crippen LogP contribution in [0.5, 0.6) is 0 Å². The van der Waals surface area contributed by atoms with Gasteiger partial charge in [0.05, 0.1) is 6.10 Å². The third-order valence-corrected chi connectivity index (χ3v) is 2.69. The van der Waals surface area contributed by atoms with Crippen LogP contribution in [-0.2, 0) is 11.2 Å². The van der Waals surface area contributed by atoms with E-state index in [0.29, 0.717) is 6.10 Å². The standard InChI is InChI=1S/C13H21NO/c1-11(15-2)8-9-13(14)10-12-6-4-3-5-7-12/h3-7,11,13H,8-10,14H2,1-2H3. The van der Waals surface area contributed by atoms with Crippen molar-refractivity contribution in [3.05, 3.63) is 35.9 Å². The van der Waals surface area contributed by atoms with Crippen molar-refractivity contribution in [2.75, 3.05) is 7.11 Å². The van der Waals surface area contributed by atoms with Crippen LogP contribution >= 0.6 is 0 Å². The van der Waals surface area contributed by atoms with Crippen LogP contribution in [0, 0.1) is 0 Å². The topological polar surface area (TPSA) is 35.2 Å². The lowest BCUT2D eigenvalue weighted by Crippen LogP contribution is -2.24. The monoisotopic (exact) mass is 207 g/mol. The van der Waals surface area contributed by atoms with Crippen LogP contribution in [0.4, 0.5) is 0 Å². The fourth-order valence-electron chi connectivity index (χ4n) is 1.59. The average Bonchev–Trinajstić information content (AvgIpc) is 2.27. The Labute approximate surface area is 92.4 Å². The summed E-state index contributed by atoms with van der Waals surface area (Å²) in [4.78, 5) is 0. The fraction of sp³-hybridized carbons (Fsp3) is 0.538. The molecule has 0 bridgehead atoms. The maximum absolute atomic E-state index is 6.05. The molecule has 2 heteroatoms. The van der Waals surface area contributed by atoms with E-state index < -0.39 is 0 Å². The first kappa shape index (κ1) is 12.2. The summed E-state index contributed by atoms with van der Waals surface area (Å²) in [5.41, 5.74) is 7.37. The number of nitrogens with two attached hydrogens (primary N) is 1. The molecule has 0 saturated heterocycles. The quantitative estimate of drug-likeness (QED) is 0.777. The van der Waals surface area contributed by atoms with Crippen LogP contribution in [0.25, 0.3) is 0 Å². The molecule has 2 nitrogen and oxygen atoms in total. The van der Waals surface area contributed by atoms with Gasteiger partial charge in [0.2, 0.25) is 0 Å². The summed E-state index contributed by atoms with van der Waals surface area (Å²) in [7, 11) is 1.74. The average molecular weight is 207 g/mol. The number of rotatable bonds is 6. The first-order valence-electron chi connectivity index (χ1n) is 5.54. The minimum absolute atomic E-state index is 0.241. The van der Waals surface area contributed by atoms with Gasteiger partial charge in [0.15, 0.2) is 0 Å². The van der Waals surface area contributed by atoms with Gasteiger partial charge in [-0.05, 0) is 31.7 Å². The highest BCUT2D eigenvalue weighted by atomic mass is 16.5. The molecule has 0 aromatic heterocycles. The second-order valence-corrected chi connectivity index (χ2v) is 4.07. The predicted molar refractivity (Wildman–Crippen MR) is 63.8 cm³/mol. The molecule has 0 aliphatic carbocycles. The number of benzene rings is 1. The predicted octanol–water partition coefficient (Wildman–Crippen LogP) is 2.37. The largest absolute Gasteiger partial charge is 0.382 e. The first-order valence-corrected chi connectivity index (χ1v) is 5.54. The summed E-state index contributed by atoms with van der Waals surface area (Å²) in [6.45, 7) is 2.08. The zero-order chi connectivity index (χ0) is 11.1. The highest BCUT2D eigenvalue weighted by Gasteiger charge is 2.06. The van der Waals surface area contributed by atoms with Gasteiger partial charge in [-0.1, -0.05) is 30.3 Å². The number of hydrogen-bond donors (Lipinski definition) is 1. The van der Waals surface area contributed by atoms with E-state index in [4.69, 9.17) is 10.5 Å². The fourth-order valence-corrected chi connectivity index (χ4v) is 1.59. The van der Waals surface area contributed by atoms with E-state index in [9.17, 15) is 0 Å². The Morgan fingerprint density at radius 1 is 1.20 bits per heavy atom. The van der Waals surface area contributed by atoms with Crippen LogP contribution in [0.15, 0.2) is 30.3 Å². The molecule has 0 fully saturated rings. The van der Waals surface area contributed by atoms with Gasteiger partial charge >= 0.3 is 0 Å². The molecule has 0 heterocycles. The van der Waals surface area contributed by atoms with Gasteiger partial charge in [-0.15, -0.1) is 0 Å². The van der Waals surface area contributed by atoms with Gasteiger partial charge in [-0.3, -0.25) is 0 Å². The van der Waals surface area contributed by atoms with Crippen molar-refractivity contribution >= 4 is 0 Å². The lowest BCUT2D eigenvalue weighted by molar-refractivity contribution is 0.107. The van der Waals surface area contributed by atoms with E-state index >= 15 is 0 Å². The minimum Gasteiger partial charge on any atom is -0.382 e. The van der Waals surface area contributed by atoms with Crippen molar-refractivity contribution < 1.29 is 4.74 Å². The molecule has 1 rings (SSSR count). The van der Waals surface area contributed by atoms with Crippen LogP contribution in [0.2, 0.25) is 0 Å². The molecule has 0 amide bonds. The third-order valence-electron chi connectivity index (χ3n) is 2.69. The van der Waals surface area contributed by atoms with E-state index in [1.807, 2.05) is 6.07 Å². The molecule has 0 saturated carbocycles. The Morgan fingerprint density at radius 3 is 2.47 bits per heavy atom. The van der Waals surface area contributed by atoms with Gasteiger partial charge in [-0.2, -0.15) is 0 Å². The van der Waals surface area contributed by atoms with E-state index in [0.717, 1.165) is 19.3 Å². The Balaban J connectivity index is 2.27. The normalized spacial score (nSPS) is 14.9. The molecule has 0 radical (unpaired) electrons. The van der Waals surface area contributed by atoms with Gasteiger partial charge < -0.3 is 10.5 Å². The van der Waals surface area contributed by atoms with Crippen molar-refractivity contribution in [3.63, 3.8) is 0 Å². The van der Waals surface area contributed by atoms with E-state index in [1.54, 1.807) is 7.11 Å². The highest BCUT2D eigenvalue weighted by Crippen LogP contribution is 2.08. The number of ether oxygens (including phenoxy) is 1. The molecule has 0 aliphatic rings. The molecule has 84 valence electrons. The van der Waals surface area contributed by atoms with Crippen molar-refractivity contribution in [2.24, 2.45) is 5.73 Å². The SMILES string of the molecule is COC(C)CCC(N)Cc1ccccc1. The maximum Gasteiger partial charge on any atom is 0.0543 e. The van der Waals surface area contributed by atoms with E-state index in [1.165, 1.54) is 5.56 Å². The molecule has 2 N–H and O–H groups in total. The Kier molecular flexibility index (Phi) is 5.37. The molecular weight excluding hydrogens is 186 g/mol. The lowest BCUT2D eigenvalue weighted by Gasteiger charge is -2.14. The van der Waals surface area contributed by atoms with E-state index in [-0.39, 0.29) is 6.04 Å². The van der Waals surface area contributed by atoms with Crippen molar-refractivity contribution in [3.8, 4) is 0 Å². The Bertz CT molecular complexity index is 260. The lowest BCUT2D eigenvalue weighted by atomic mass is 10.0. The zero-order valence-electron chi connectivity index (χ0n) is 9.65. The van der Waals surface area contributed by atoms with Crippen molar-refractivity contribution in [1.82, 2.24) is 0 Å². The summed E-state index contributed by atoms with van der Waals surface area (Å²) >= 11 is 0. The van der Waals surface area contributed by atoms with E-state index in [2.05, 4.69) is 31.2 Å². The summed E-state index contributed by atoms with van der Waals surface area (Å²) < 4.78 is 5.20. The zero-order valence-corrected chi connectivity index (χ0v) is 9.65. The van der Waals surface area contributed by atoms with Gasteiger partial charge in [0.25, 0.3) is 0 Å². The molecule has 1 aromatic rings. The van der Waals surface area contributed by atoms with Crippen LogP contribution in [0.1, 0.15) is 25.3 Å². The molecule has 0 spiro atoms. The summed E-state index contributed by atoms with van der Waals surface area (Å²) in [6.07, 6.45) is 3.32. The summed E-state index contributed by atoms with van der Waals surface area (Å²) in [5.74, 6) is 0. The first-order chi connectivity index (χ1) is 7.22. The summed E-state index contributed by atoms with van der Waals surface area (Å²) in [6, 6.07) is 10.6.